The molecule has 2 atom stereocenters. The van der Waals surface area contributed by atoms with Crippen molar-refractivity contribution in [2.45, 2.75) is 10.8 Å². The normalized spacial score (nSPS) is 15.2. The van der Waals surface area contributed by atoms with Gasteiger partial charge in [0.25, 0.3) is 0 Å². The number of nitrogens with zero attached hydrogens (tertiary/aromatic N) is 1. The fraction of sp³-hybridized carbons (Fsp3) is 0.0238. The van der Waals surface area contributed by atoms with E-state index in [4.69, 9.17) is 13.9 Å². The standard InChI is InChI=1S/C84H55F2NO3/c1-3-54-24-42-64(43-25-54)88-66-46-32-58(33-47-66)83(56-28-36-60(85)37-29-56)76-20-9-5-14-68(76)70-50-40-62(52-78(70)83)87(80-22-11-7-16-72(80)74-18-13-19-75-73-17-8-12-23-81(73)90-82(74)75)63-41-51-71-69-15-6-10-21-77(69)84(79(71)53-63,57-30-38-61(86)39-31-57)59-34-48-67(49-35-59)89-65-44-26-55(4-2)27-45-65/h3-53H,1-2H2. The van der Waals surface area contributed by atoms with Gasteiger partial charge in [0.2, 0.25) is 0 Å². The van der Waals surface area contributed by atoms with Crippen molar-refractivity contribution in [1.82, 2.24) is 0 Å². The number of hydrogen-bond acceptors (Lipinski definition) is 4. The van der Waals surface area contributed by atoms with Crippen LogP contribution in [-0.4, -0.2) is 0 Å². The lowest BCUT2D eigenvalue weighted by Crippen LogP contribution is -2.29. The van der Waals surface area contributed by atoms with Gasteiger partial charge in [-0.25, -0.2) is 8.78 Å². The first-order chi connectivity index (χ1) is 44.3. The number of anilines is 3. The molecule has 90 heavy (non-hydrogen) atoms. The summed E-state index contributed by atoms with van der Waals surface area (Å²) in [6.45, 7) is 7.84. The van der Waals surface area contributed by atoms with Crippen LogP contribution in [-0.2, 0) is 10.8 Å². The Morgan fingerprint density at radius 1 is 0.333 bits per heavy atom. The van der Waals surface area contributed by atoms with Crippen LogP contribution < -0.4 is 14.4 Å². The van der Waals surface area contributed by atoms with Crippen molar-refractivity contribution in [3.05, 3.63) is 378 Å². The first-order valence-electron chi connectivity index (χ1n) is 30.1. The van der Waals surface area contributed by atoms with E-state index in [0.29, 0.717) is 23.0 Å². The van der Waals surface area contributed by atoms with Gasteiger partial charge in [-0.1, -0.05) is 213 Å². The average molecular weight is 1160 g/mol. The second-order valence-electron chi connectivity index (χ2n) is 23.0. The molecule has 13 aromatic carbocycles. The van der Waals surface area contributed by atoms with Gasteiger partial charge in [-0.3, -0.25) is 0 Å². The lowest BCUT2D eigenvalue weighted by Gasteiger charge is -2.36. The topological polar surface area (TPSA) is 34.8 Å². The second-order valence-corrected chi connectivity index (χ2v) is 23.0. The first-order valence-corrected chi connectivity index (χ1v) is 30.1. The summed E-state index contributed by atoms with van der Waals surface area (Å²) in [6, 6.07) is 100. The Hall–Kier alpha value is -11.6. The van der Waals surface area contributed by atoms with Crippen molar-refractivity contribution in [3.8, 4) is 56.4 Å². The summed E-state index contributed by atoms with van der Waals surface area (Å²) in [5.41, 5.74) is 18.5. The fourth-order valence-electron chi connectivity index (χ4n) is 14.2. The van der Waals surface area contributed by atoms with E-state index in [1.54, 1.807) is 24.3 Å². The highest BCUT2D eigenvalue weighted by molar-refractivity contribution is 6.11. The molecule has 6 heteroatoms. The Morgan fingerprint density at radius 2 is 0.711 bits per heavy atom. The molecule has 0 amide bonds. The van der Waals surface area contributed by atoms with Crippen LogP contribution in [0.4, 0.5) is 25.8 Å². The van der Waals surface area contributed by atoms with E-state index < -0.39 is 10.8 Å². The molecule has 428 valence electrons. The van der Waals surface area contributed by atoms with Gasteiger partial charge >= 0.3 is 0 Å². The SMILES string of the molecule is C=Cc1ccc(Oc2ccc(C3(c4ccc(F)cc4)c4ccccc4-c4ccc(N(c5ccc6c(c5)C(c5ccc(F)cc5)(c5ccc(Oc7ccc(C=C)cc7)cc5)c5ccccc5-6)c5ccccc5-c5cccc6c5oc5ccccc56)cc43)cc2)cc1. The number of para-hydroxylation sites is 3. The van der Waals surface area contributed by atoms with Gasteiger partial charge in [-0.2, -0.15) is 0 Å². The number of hydrogen-bond donors (Lipinski definition) is 0. The summed E-state index contributed by atoms with van der Waals surface area (Å²) >= 11 is 0. The molecule has 1 aromatic heterocycles. The summed E-state index contributed by atoms with van der Waals surface area (Å²) in [6.07, 6.45) is 3.62. The van der Waals surface area contributed by atoms with Crippen LogP contribution in [0.2, 0.25) is 0 Å². The quantitative estimate of drug-likeness (QED) is 0.109. The minimum absolute atomic E-state index is 0.322. The average Bonchev–Trinajstić information content (AvgIpc) is 1.53. The van der Waals surface area contributed by atoms with Crippen LogP contribution >= 0.6 is 0 Å². The minimum atomic E-state index is -0.937. The molecule has 16 rings (SSSR count). The van der Waals surface area contributed by atoms with Crippen molar-refractivity contribution in [1.29, 1.82) is 0 Å². The number of fused-ring (bicyclic) bond motifs is 9. The molecule has 2 aliphatic rings. The Bertz CT molecular complexity index is 4860. The third-order valence-corrected chi connectivity index (χ3v) is 18.2. The van der Waals surface area contributed by atoms with E-state index >= 15 is 8.78 Å². The van der Waals surface area contributed by atoms with Gasteiger partial charge in [0, 0.05) is 33.3 Å². The zero-order valence-corrected chi connectivity index (χ0v) is 48.8. The van der Waals surface area contributed by atoms with Crippen LogP contribution in [0.5, 0.6) is 23.0 Å². The van der Waals surface area contributed by atoms with Crippen molar-refractivity contribution >= 4 is 51.2 Å². The molecule has 0 bridgehead atoms. The molecular weight excluding hydrogens is 1110 g/mol. The highest BCUT2D eigenvalue weighted by atomic mass is 19.1. The third kappa shape index (κ3) is 8.63. The lowest BCUT2D eigenvalue weighted by molar-refractivity contribution is 0.482. The number of benzene rings is 13. The van der Waals surface area contributed by atoms with Crippen molar-refractivity contribution in [2.75, 3.05) is 4.90 Å². The van der Waals surface area contributed by atoms with E-state index in [-0.39, 0.29) is 11.6 Å². The molecule has 14 aromatic rings. The molecule has 0 fully saturated rings. The molecule has 2 aliphatic carbocycles. The van der Waals surface area contributed by atoms with E-state index in [2.05, 4.69) is 176 Å². The van der Waals surface area contributed by atoms with E-state index in [0.717, 1.165) is 128 Å². The van der Waals surface area contributed by atoms with Crippen LogP contribution in [0.15, 0.2) is 315 Å². The van der Waals surface area contributed by atoms with E-state index in [1.165, 1.54) is 0 Å². The Morgan fingerprint density at radius 3 is 1.19 bits per heavy atom. The van der Waals surface area contributed by atoms with Crippen LogP contribution in [0.3, 0.4) is 0 Å². The lowest BCUT2D eigenvalue weighted by atomic mass is 9.67. The monoisotopic (exact) mass is 1160 g/mol. The summed E-state index contributed by atoms with van der Waals surface area (Å²) < 4.78 is 50.6. The molecule has 2 unspecified atom stereocenters. The second kappa shape index (κ2) is 21.7. The van der Waals surface area contributed by atoms with Crippen LogP contribution in [0.1, 0.15) is 55.6 Å². The fourth-order valence-corrected chi connectivity index (χ4v) is 14.2. The Labute approximate surface area is 520 Å². The van der Waals surface area contributed by atoms with Crippen molar-refractivity contribution in [2.24, 2.45) is 0 Å². The molecule has 0 saturated carbocycles. The maximum atomic E-state index is 15.4. The number of furan rings is 1. The minimum Gasteiger partial charge on any atom is -0.457 e. The zero-order chi connectivity index (χ0) is 60.5. The Kier molecular flexibility index (Phi) is 13.0. The van der Waals surface area contributed by atoms with Gasteiger partial charge in [0.15, 0.2) is 0 Å². The largest absolute Gasteiger partial charge is 0.457 e. The van der Waals surface area contributed by atoms with E-state index in [1.807, 2.05) is 127 Å². The maximum absolute atomic E-state index is 15.4. The summed E-state index contributed by atoms with van der Waals surface area (Å²) in [7, 11) is 0. The van der Waals surface area contributed by atoms with Crippen molar-refractivity contribution in [3.63, 3.8) is 0 Å². The van der Waals surface area contributed by atoms with E-state index in [9.17, 15) is 0 Å². The summed E-state index contributed by atoms with van der Waals surface area (Å²) in [5.74, 6) is 2.13. The molecule has 0 aliphatic heterocycles. The number of halogens is 2. The van der Waals surface area contributed by atoms with Gasteiger partial charge in [0.05, 0.1) is 16.5 Å². The molecule has 0 radical (unpaired) electrons. The summed E-state index contributed by atoms with van der Waals surface area (Å²) in [5, 5.41) is 2.06. The predicted octanol–water partition coefficient (Wildman–Crippen LogP) is 22.6. The summed E-state index contributed by atoms with van der Waals surface area (Å²) in [4.78, 5) is 2.37. The molecule has 0 spiro atoms. The smallest absolute Gasteiger partial charge is 0.143 e. The molecular formula is C84H55F2NO3. The van der Waals surface area contributed by atoms with Gasteiger partial charge < -0.3 is 18.8 Å². The van der Waals surface area contributed by atoms with Gasteiger partial charge in [0.1, 0.15) is 45.8 Å². The number of rotatable bonds is 14. The highest BCUT2D eigenvalue weighted by Gasteiger charge is 2.48. The Balaban J connectivity index is 0.937. The maximum Gasteiger partial charge on any atom is 0.143 e. The highest BCUT2D eigenvalue weighted by Crippen LogP contribution is 2.60. The first kappa shape index (κ1) is 53.8. The van der Waals surface area contributed by atoms with Crippen LogP contribution in [0.25, 0.3) is 67.5 Å². The predicted molar refractivity (Wildman–Crippen MR) is 362 cm³/mol. The van der Waals surface area contributed by atoms with Gasteiger partial charge in [-0.05, 0) is 187 Å². The molecule has 1 heterocycles. The molecule has 4 nitrogen and oxygen atoms in total. The third-order valence-electron chi connectivity index (χ3n) is 18.2. The number of ether oxygens (including phenoxy) is 2. The zero-order valence-electron chi connectivity index (χ0n) is 48.8. The molecule has 0 saturated heterocycles. The molecule has 0 N–H and O–H groups in total. The van der Waals surface area contributed by atoms with Crippen LogP contribution in [0, 0.1) is 11.6 Å². The van der Waals surface area contributed by atoms with Gasteiger partial charge in [-0.15, -0.1) is 0 Å². The van der Waals surface area contributed by atoms with Crippen molar-refractivity contribution < 1.29 is 22.7 Å².